The molecular formula is C12H15FN2O4S2. The Morgan fingerprint density at radius 3 is 2.71 bits per heavy atom. The molecule has 0 aromatic heterocycles. The maximum atomic E-state index is 13.5. The minimum atomic E-state index is -3.88. The molecule has 2 atom stereocenters. The maximum Gasteiger partial charge on any atom is 0.304 e. The minimum absolute atomic E-state index is 0.191. The number of hydrogen-bond acceptors (Lipinski definition) is 5. The average molecular weight is 334 g/mol. The SMILES string of the molecule is CSC1CCCC1NS(=O)(=O)c1ccc([N+](=O)[O-])c(F)c1. The molecule has 0 bridgehead atoms. The van der Waals surface area contributed by atoms with E-state index >= 15 is 0 Å². The Bertz CT molecular complexity index is 651. The van der Waals surface area contributed by atoms with Gasteiger partial charge in [-0.25, -0.2) is 13.1 Å². The number of benzene rings is 1. The van der Waals surface area contributed by atoms with Gasteiger partial charge in [-0.2, -0.15) is 16.2 Å². The van der Waals surface area contributed by atoms with E-state index in [0.29, 0.717) is 6.07 Å². The summed E-state index contributed by atoms with van der Waals surface area (Å²) in [7, 11) is -3.88. The quantitative estimate of drug-likeness (QED) is 0.659. The normalized spacial score (nSPS) is 22.4. The van der Waals surface area contributed by atoms with Crippen molar-refractivity contribution in [3.8, 4) is 0 Å². The molecule has 0 saturated heterocycles. The molecule has 1 saturated carbocycles. The van der Waals surface area contributed by atoms with E-state index in [1.807, 2.05) is 6.26 Å². The number of thioether (sulfide) groups is 1. The third-order valence-corrected chi connectivity index (χ3v) is 6.15. The second-order valence-corrected chi connectivity index (χ2v) is 7.59. The molecule has 1 aromatic carbocycles. The minimum Gasteiger partial charge on any atom is -0.258 e. The van der Waals surface area contributed by atoms with Gasteiger partial charge < -0.3 is 0 Å². The summed E-state index contributed by atoms with van der Waals surface area (Å²) in [5, 5.41) is 10.7. The van der Waals surface area contributed by atoms with Crippen molar-refractivity contribution in [3.05, 3.63) is 34.1 Å². The van der Waals surface area contributed by atoms with E-state index in [2.05, 4.69) is 4.72 Å². The Morgan fingerprint density at radius 1 is 1.43 bits per heavy atom. The summed E-state index contributed by atoms with van der Waals surface area (Å²) in [5.41, 5.74) is -0.739. The lowest BCUT2D eigenvalue weighted by atomic mass is 10.3. The van der Waals surface area contributed by atoms with Crippen molar-refractivity contribution < 1.29 is 17.7 Å². The fraction of sp³-hybridized carbons (Fsp3) is 0.500. The van der Waals surface area contributed by atoms with Crippen LogP contribution in [-0.2, 0) is 10.0 Å². The van der Waals surface area contributed by atoms with E-state index in [-0.39, 0.29) is 16.2 Å². The predicted octanol–water partition coefficient (Wildman–Crippen LogP) is 2.30. The number of rotatable bonds is 5. The fourth-order valence-electron chi connectivity index (χ4n) is 2.41. The monoisotopic (exact) mass is 334 g/mol. The summed E-state index contributed by atoms with van der Waals surface area (Å²) in [6.07, 6.45) is 4.53. The van der Waals surface area contributed by atoms with Crippen molar-refractivity contribution in [2.75, 3.05) is 6.26 Å². The Morgan fingerprint density at radius 2 is 2.14 bits per heavy atom. The average Bonchev–Trinajstić information content (AvgIpc) is 2.84. The van der Waals surface area contributed by atoms with E-state index in [9.17, 15) is 22.9 Å². The van der Waals surface area contributed by atoms with Crippen LogP contribution in [-0.4, -0.2) is 30.9 Å². The molecule has 2 unspecified atom stereocenters. The molecule has 0 radical (unpaired) electrons. The number of nitrogens with zero attached hydrogens (tertiary/aromatic N) is 1. The van der Waals surface area contributed by atoms with Crippen LogP contribution in [0.25, 0.3) is 0 Å². The molecule has 1 fully saturated rings. The van der Waals surface area contributed by atoms with Crippen molar-refractivity contribution >= 4 is 27.5 Å². The van der Waals surface area contributed by atoms with Crippen molar-refractivity contribution in [1.82, 2.24) is 4.72 Å². The van der Waals surface area contributed by atoms with E-state index in [1.54, 1.807) is 11.8 Å². The first-order chi connectivity index (χ1) is 9.85. The predicted molar refractivity (Wildman–Crippen MR) is 78.3 cm³/mol. The molecule has 116 valence electrons. The highest BCUT2D eigenvalue weighted by Gasteiger charge is 2.31. The van der Waals surface area contributed by atoms with Crippen molar-refractivity contribution in [2.45, 2.75) is 35.4 Å². The standard InChI is InChI=1S/C12H15FN2O4S2/c1-20-12-4-2-3-10(12)14-21(18,19)8-5-6-11(15(16)17)9(13)7-8/h5-7,10,12,14H,2-4H2,1H3. The van der Waals surface area contributed by atoms with Crippen LogP contribution in [0.15, 0.2) is 23.1 Å². The molecule has 1 aromatic rings. The topological polar surface area (TPSA) is 89.3 Å². The summed E-state index contributed by atoms with van der Waals surface area (Å²) in [4.78, 5) is 9.36. The summed E-state index contributed by atoms with van der Waals surface area (Å²) in [6, 6.07) is 2.41. The van der Waals surface area contributed by atoms with Gasteiger partial charge in [-0.05, 0) is 25.2 Å². The smallest absolute Gasteiger partial charge is 0.258 e. The third kappa shape index (κ3) is 3.53. The molecule has 2 rings (SSSR count). The zero-order valence-corrected chi connectivity index (χ0v) is 12.9. The summed E-state index contributed by atoms with van der Waals surface area (Å²) < 4.78 is 40.6. The van der Waals surface area contributed by atoms with Crippen LogP contribution in [0.3, 0.4) is 0 Å². The van der Waals surface area contributed by atoms with Gasteiger partial charge >= 0.3 is 5.69 Å². The summed E-state index contributed by atoms with van der Waals surface area (Å²) in [5.74, 6) is -1.16. The molecule has 21 heavy (non-hydrogen) atoms. The van der Waals surface area contributed by atoms with E-state index in [4.69, 9.17) is 0 Å². The Hall–Kier alpha value is -1.19. The third-order valence-electron chi connectivity index (χ3n) is 3.49. The van der Waals surface area contributed by atoms with Gasteiger partial charge in [-0.3, -0.25) is 10.1 Å². The first kappa shape index (κ1) is 16.2. The lowest BCUT2D eigenvalue weighted by Gasteiger charge is -2.19. The number of hydrogen-bond donors (Lipinski definition) is 1. The number of halogens is 1. The molecular weight excluding hydrogens is 319 g/mol. The first-order valence-corrected chi connectivity index (χ1v) is 9.11. The van der Waals surface area contributed by atoms with Crippen LogP contribution in [0.2, 0.25) is 0 Å². The Kier molecular flexibility index (Phi) is 4.84. The second-order valence-electron chi connectivity index (χ2n) is 4.80. The van der Waals surface area contributed by atoms with Gasteiger partial charge in [0.25, 0.3) is 0 Å². The highest BCUT2D eigenvalue weighted by Crippen LogP contribution is 2.30. The Labute approximate surface area is 126 Å². The molecule has 0 aliphatic heterocycles. The largest absolute Gasteiger partial charge is 0.304 e. The first-order valence-electron chi connectivity index (χ1n) is 6.34. The fourth-order valence-corrected chi connectivity index (χ4v) is 4.76. The van der Waals surface area contributed by atoms with Gasteiger partial charge in [0.15, 0.2) is 0 Å². The summed E-state index contributed by atoms with van der Waals surface area (Å²) in [6.45, 7) is 0. The van der Waals surface area contributed by atoms with Crippen molar-refractivity contribution in [2.24, 2.45) is 0 Å². The second kappa shape index (κ2) is 6.29. The number of nitrogens with one attached hydrogen (secondary N) is 1. The zero-order chi connectivity index (χ0) is 15.6. The van der Waals surface area contributed by atoms with Crippen LogP contribution < -0.4 is 4.72 Å². The van der Waals surface area contributed by atoms with Crippen molar-refractivity contribution in [3.63, 3.8) is 0 Å². The summed E-state index contributed by atoms with van der Waals surface area (Å²) >= 11 is 1.60. The Balaban J connectivity index is 2.23. The number of nitro benzene ring substituents is 1. The lowest BCUT2D eigenvalue weighted by Crippen LogP contribution is -2.38. The maximum absolute atomic E-state index is 13.5. The van der Waals surface area contributed by atoms with Crippen LogP contribution in [0.1, 0.15) is 19.3 Å². The molecule has 6 nitrogen and oxygen atoms in total. The van der Waals surface area contributed by atoms with Crippen LogP contribution in [0, 0.1) is 15.9 Å². The molecule has 1 aliphatic carbocycles. The van der Waals surface area contributed by atoms with Crippen LogP contribution in [0.5, 0.6) is 0 Å². The van der Waals surface area contributed by atoms with Gasteiger partial charge in [0, 0.05) is 23.4 Å². The number of sulfonamides is 1. The van der Waals surface area contributed by atoms with E-state index in [0.717, 1.165) is 31.4 Å². The van der Waals surface area contributed by atoms with Gasteiger partial charge in [0.05, 0.1) is 9.82 Å². The van der Waals surface area contributed by atoms with Crippen LogP contribution >= 0.6 is 11.8 Å². The number of nitro groups is 1. The molecule has 1 aliphatic rings. The van der Waals surface area contributed by atoms with Gasteiger partial charge in [0.1, 0.15) is 0 Å². The van der Waals surface area contributed by atoms with E-state index < -0.39 is 26.5 Å². The molecule has 0 amide bonds. The lowest BCUT2D eigenvalue weighted by molar-refractivity contribution is -0.387. The highest BCUT2D eigenvalue weighted by atomic mass is 32.2. The van der Waals surface area contributed by atoms with Gasteiger partial charge in [-0.15, -0.1) is 0 Å². The van der Waals surface area contributed by atoms with E-state index in [1.165, 1.54) is 0 Å². The van der Waals surface area contributed by atoms with Crippen LogP contribution in [0.4, 0.5) is 10.1 Å². The zero-order valence-electron chi connectivity index (χ0n) is 11.3. The van der Waals surface area contributed by atoms with Crippen molar-refractivity contribution in [1.29, 1.82) is 0 Å². The molecule has 0 heterocycles. The highest BCUT2D eigenvalue weighted by molar-refractivity contribution is 7.99. The van der Waals surface area contributed by atoms with Gasteiger partial charge in [0.2, 0.25) is 15.8 Å². The molecule has 1 N–H and O–H groups in total. The molecule has 9 heteroatoms. The van der Waals surface area contributed by atoms with Gasteiger partial charge in [-0.1, -0.05) is 6.42 Å². The molecule has 0 spiro atoms.